The van der Waals surface area contributed by atoms with E-state index < -0.39 is 0 Å². The molecule has 0 amide bonds. The fourth-order valence-corrected chi connectivity index (χ4v) is 2.72. The minimum Gasteiger partial charge on any atom is -0.463 e. The van der Waals surface area contributed by atoms with Gasteiger partial charge < -0.3 is 4.74 Å². The van der Waals surface area contributed by atoms with E-state index in [0.717, 1.165) is 5.92 Å². The van der Waals surface area contributed by atoms with Gasteiger partial charge in [-0.2, -0.15) is 0 Å². The third-order valence-electron chi connectivity index (χ3n) is 4.02. The molecular formula is C15H27NO2. The average molecular weight is 253 g/mol. The topological polar surface area (TPSA) is 29.5 Å². The number of esters is 1. The highest BCUT2D eigenvalue weighted by atomic mass is 16.5. The third-order valence-corrected chi connectivity index (χ3v) is 4.02. The molecule has 1 rings (SSSR count). The second-order valence-corrected chi connectivity index (χ2v) is 5.32. The van der Waals surface area contributed by atoms with Gasteiger partial charge >= 0.3 is 5.97 Å². The first-order chi connectivity index (χ1) is 8.58. The first kappa shape index (κ1) is 15.2. The molecule has 0 radical (unpaired) electrons. The molecule has 0 unspecified atom stereocenters. The predicted octanol–water partition coefficient (Wildman–Crippen LogP) is 3.01. The molecule has 0 bridgehead atoms. The van der Waals surface area contributed by atoms with Crippen molar-refractivity contribution in [2.45, 2.75) is 52.0 Å². The highest BCUT2D eigenvalue weighted by Crippen LogP contribution is 2.29. The Kier molecular flexibility index (Phi) is 6.41. The van der Waals surface area contributed by atoms with Gasteiger partial charge in [0, 0.05) is 18.2 Å². The first-order valence-electron chi connectivity index (χ1n) is 7.13. The number of carbonyl (C=O) groups is 1. The van der Waals surface area contributed by atoms with Crippen LogP contribution in [0.25, 0.3) is 0 Å². The van der Waals surface area contributed by atoms with Gasteiger partial charge in [-0.15, -0.1) is 0 Å². The maximum Gasteiger partial charge on any atom is 0.334 e. The maximum absolute atomic E-state index is 11.5. The molecule has 1 aliphatic carbocycles. The van der Waals surface area contributed by atoms with Gasteiger partial charge in [-0.3, -0.25) is 4.90 Å². The summed E-state index contributed by atoms with van der Waals surface area (Å²) < 4.78 is 4.96. The van der Waals surface area contributed by atoms with Crippen LogP contribution in [0.5, 0.6) is 0 Å². The highest BCUT2D eigenvalue weighted by molar-refractivity contribution is 5.88. The Morgan fingerprint density at radius 3 is 2.39 bits per heavy atom. The summed E-state index contributed by atoms with van der Waals surface area (Å²) >= 11 is 0. The van der Waals surface area contributed by atoms with Crippen LogP contribution in [0.1, 0.15) is 46.0 Å². The van der Waals surface area contributed by atoms with Gasteiger partial charge in [0.2, 0.25) is 0 Å². The molecule has 0 atom stereocenters. The van der Waals surface area contributed by atoms with Gasteiger partial charge in [0.25, 0.3) is 0 Å². The van der Waals surface area contributed by atoms with E-state index in [9.17, 15) is 4.79 Å². The Morgan fingerprint density at radius 1 is 1.28 bits per heavy atom. The summed E-state index contributed by atoms with van der Waals surface area (Å²) in [5, 5.41) is 0. The first-order valence-corrected chi connectivity index (χ1v) is 7.13. The largest absolute Gasteiger partial charge is 0.463 e. The van der Waals surface area contributed by atoms with Crippen LogP contribution in [0.3, 0.4) is 0 Å². The highest BCUT2D eigenvalue weighted by Gasteiger charge is 2.24. The molecule has 0 saturated heterocycles. The summed E-state index contributed by atoms with van der Waals surface area (Å²) in [4.78, 5) is 13.8. The van der Waals surface area contributed by atoms with Gasteiger partial charge in [-0.25, -0.2) is 4.79 Å². The van der Waals surface area contributed by atoms with Crippen LogP contribution in [0.2, 0.25) is 0 Å². The van der Waals surface area contributed by atoms with Crippen LogP contribution in [0.4, 0.5) is 0 Å². The number of hydrogen-bond donors (Lipinski definition) is 0. The SMILES string of the molecule is C=C(CN(C)C1CCC(CC)CC1)C(=O)OCC. The van der Waals surface area contributed by atoms with Crippen molar-refractivity contribution in [3.8, 4) is 0 Å². The van der Waals surface area contributed by atoms with E-state index in [1.54, 1.807) is 0 Å². The number of rotatable bonds is 6. The Morgan fingerprint density at radius 2 is 1.89 bits per heavy atom. The molecule has 0 heterocycles. The van der Waals surface area contributed by atoms with Crippen LogP contribution >= 0.6 is 0 Å². The van der Waals surface area contributed by atoms with Crippen molar-refractivity contribution in [2.24, 2.45) is 5.92 Å². The second kappa shape index (κ2) is 7.57. The summed E-state index contributed by atoms with van der Waals surface area (Å²) in [6.45, 7) is 8.96. The Labute approximate surface area is 111 Å². The summed E-state index contributed by atoms with van der Waals surface area (Å²) in [6, 6.07) is 0.596. The number of hydrogen-bond acceptors (Lipinski definition) is 3. The lowest BCUT2D eigenvalue weighted by Crippen LogP contribution is -2.37. The number of ether oxygens (including phenoxy) is 1. The standard InChI is InChI=1S/C15H27NO2/c1-5-13-7-9-14(10-8-13)16(4)11-12(3)15(17)18-6-2/h13-14H,3,5-11H2,1-2,4H3. The molecule has 0 aliphatic heterocycles. The normalized spacial score (nSPS) is 24.0. The van der Waals surface area contributed by atoms with Crippen molar-refractivity contribution < 1.29 is 9.53 Å². The van der Waals surface area contributed by atoms with E-state index >= 15 is 0 Å². The Hall–Kier alpha value is -0.830. The minimum atomic E-state index is -0.258. The van der Waals surface area contributed by atoms with Crippen LogP contribution in [-0.2, 0) is 9.53 Å². The average Bonchev–Trinajstić information content (AvgIpc) is 2.39. The maximum atomic E-state index is 11.5. The van der Waals surface area contributed by atoms with Gasteiger partial charge in [-0.1, -0.05) is 19.9 Å². The van der Waals surface area contributed by atoms with Crippen LogP contribution in [0.15, 0.2) is 12.2 Å². The van der Waals surface area contributed by atoms with E-state index in [0.29, 0.717) is 24.8 Å². The van der Waals surface area contributed by atoms with Crippen molar-refractivity contribution >= 4 is 5.97 Å². The zero-order chi connectivity index (χ0) is 13.5. The lowest BCUT2D eigenvalue weighted by Gasteiger charge is -2.34. The Balaban J connectivity index is 2.35. The van der Waals surface area contributed by atoms with E-state index in [4.69, 9.17) is 4.74 Å². The minimum absolute atomic E-state index is 0.258. The van der Waals surface area contributed by atoms with Gasteiger partial charge in [-0.05, 0) is 45.6 Å². The molecule has 3 heteroatoms. The lowest BCUT2D eigenvalue weighted by molar-refractivity contribution is -0.138. The molecule has 0 aromatic rings. The van der Waals surface area contributed by atoms with Crippen LogP contribution in [0, 0.1) is 5.92 Å². The van der Waals surface area contributed by atoms with Crippen LogP contribution < -0.4 is 0 Å². The van der Waals surface area contributed by atoms with Crippen molar-refractivity contribution in [3.05, 3.63) is 12.2 Å². The molecule has 0 aromatic carbocycles. The molecule has 0 N–H and O–H groups in total. The van der Waals surface area contributed by atoms with E-state index in [1.165, 1.54) is 32.1 Å². The van der Waals surface area contributed by atoms with E-state index in [2.05, 4.69) is 25.5 Å². The fraction of sp³-hybridized carbons (Fsp3) is 0.800. The molecular weight excluding hydrogens is 226 g/mol. The van der Waals surface area contributed by atoms with E-state index in [-0.39, 0.29) is 5.97 Å². The van der Waals surface area contributed by atoms with Crippen molar-refractivity contribution in [1.82, 2.24) is 4.90 Å². The quantitative estimate of drug-likeness (QED) is 0.538. The number of likely N-dealkylation sites (N-methyl/N-ethyl adjacent to an activating group) is 1. The molecule has 1 fully saturated rings. The molecule has 18 heavy (non-hydrogen) atoms. The molecule has 0 spiro atoms. The molecule has 0 aromatic heterocycles. The molecule has 1 aliphatic rings. The smallest absolute Gasteiger partial charge is 0.334 e. The fourth-order valence-electron chi connectivity index (χ4n) is 2.72. The molecule has 104 valence electrons. The third kappa shape index (κ3) is 4.45. The van der Waals surface area contributed by atoms with Crippen molar-refractivity contribution in [2.75, 3.05) is 20.2 Å². The van der Waals surface area contributed by atoms with Crippen LogP contribution in [-0.4, -0.2) is 37.1 Å². The molecule has 1 saturated carbocycles. The monoisotopic (exact) mass is 253 g/mol. The van der Waals surface area contributed by atoms with E-state index in [1.807, 2.05) is 6.92 Å². The van der Waals surface area contributed by atoms with Crippen molar-refractivity contribution in [3.63, 3.8) is 0 Å². The zero-order valence-electron chi connectivity index (χ0n) is 12.1. The van der Waals surface area contributed by atoms with Gasteiger partial charge in [0.05, 0.1) is 6.61 Å². The summed E-state index contributed by atoms with van der Waals surface area (Å²) in [6.07, 6.45) is 6.41. The summed E-state index contributed by atoms with van der Waals surface area (Å²) in [7, 11) is 2.08. The summed E-state index contributed by atoms with van der Waals surface area (Å²) in [5.74, 6) is 0.648. The summed E-state index contributed by atoms with van der Waals surface area (Å²) in [5.41, 5.74) is 0.567. The van der Waals surface area contributed by atoms with Gasteiger partial charge in [0.1, 0.15) is 0 Å². The second-order valence-electron chi connectivity index (χ2n) is 5.32. The number of carbonyl (C=O) groups excluding carboxylic acids is 1. The molecule has 3 nitrogen and oxygen atoms in total. The number of nitrogens with zero attached hydrogens (tertiary/aromatic N) is 1. The van der Waals surface area contributed by atoms with Gasteiger partial charge in [0.15, 0.2) is 0 Å². The predicted molar refractivity (Wildman–Crippen MR) is 74.4 cm³/mol. The Bertz CT molecular complexity index is 280. The lowest BCUT2D eigenvalue weighted by atomic mass is 9.84. The zero-order valence-corrected chi connectivity index (χ0v) is 12.1. The van der Waals surface area contributed by atoms with Crippen molar-refractivity contribution in [1.29, 1.82) is 0 Å².